The van der Waals surface area contributed by atoms with E-state index in [1.165, 1.54) is 0 Å². The van der Waals surface area contributed by atoms with E-state index in [-0.39, 0.29) is 5.04 Å². The van der Waals surface area contributed by atoms with E-state index in [2.05, 4.69) is 39.9 Å². The Morgan fingerprint density at radius 1 is 1.05 bits per heavy atom. The first-order chi connectivity index (χ1) is 10.1. The van der Waals surface area contributed by atoms with Gasteiger partial charge in [-0.15, -0.1) is 0 Å². The van der Waals surface area contributed by atoms with Crippen LogP contribution in [0.5, 0.6) is 5.75 Å². The predicted molar refractivity (Wildman–Crippen MR) is 99.1 cm³/mol. The van der Waals surface area contributed by atoms with E-state index < -0.39 is 8.32 Å². The van der Waals surface area contributed by atoms with Crippen molar-refractivity contribution in [2.45, 2.75) is 38.9 Å². The summed E-state index contributed by atoms with van der Waals surface area (Å²) in [5, 5.41) is 0.817. The van der Waals surface area contributed by atoms with Crippen molar-refractivity contribution in [2.75, 3.05) is 5.73 Å². The first kappa shape index (κ1) is 16.9. The molecule has 4 heteroatoms. The average Bonchev–Trinajstić information content (AvgIpc) is 2.37. The molecule has 0 aliphatic heterocycles. The van der Waals surface area contributed by atoms with Crippen LogP contribution in [0.2, 0.25) is 23.2 Å². The van der Waals surface area contributed by atoms with Crippen LogP contribution in [-0.4, -0.2) is 8.32 Å². The lowest BCUT2D eigenvalue weighted by Crippen LogP contribution is -2.43. The molecule has 0 aliphatic carbocycles. The van der Waals surface area contributed by atoms with Gasteiger partial charge in [-0.25, -0.2) is 0 Å². The van der Waals surface area contributed by atoms with E-state index in [1.54, 1.807) is 6.07 Å². The molecular formula is C18H24ClNOSi. The van der Waals surface area contributed by atoms with E-state index in [9.17, 15) is 0 Å². The summed E-state index contributed by atoms with van der Waals surface area (Å²) < 4.78 is 6.36. The molecule has 0 aliphatic rings. The van der Waals surface area contributed by atoms with Gasteiger partial charge in [-0.2, -0.15) is 0 Å². The highest BCUT2D eigenvalue weighted by molar-refractivity contribution is 6.74. The Labute approximate surface area is 139 Å². The number of halogens is 1. The van der Waals surface area contributed by atoms with Crippen molar-refractivity contribution in [3.63, 3.8) is 0 Å². The molecule has 2 rings (SSSR count). The van der Waals surface area contributed by atoms with Crippen LogP contribution < -0.4 is 10.2 Å². The topological polar surface area (TPSA) is 35.2 Å². The molecule has 0 unspecified atom stereocenters. The maximum Gasteiger partial charge on any atom is 0.250 e. The molecule has 0 bridgehead atoms. The predicted octanol–water partition coefficient (Wildman–Crippen LogP) is 5.97. The third-order valence-corrected chi connectivity index (χ3v) is 8.93. The average molecular weight is 334 g/mol. The van der Waals surface area contributed by atoms with Crippen molar-refractivity contribution in [1.82, 2.24) is 0 Å². The standard InChI is InChI=1S/C18H24ClNOSi/c1-18(2,3)22(4,5)21-15-8-6-7-13(11-15)16-10-9-14(19)12-17(16)20/h6-12H,20H2,1-5H3. The highest BCUT2D eigenvalue weighted by Crippen LogP contribution is 2.38. The highest BCUT2D eigenvalue weighted by atomic mass is 35.5. The lowest BCUT2D eigenvalue weighted by atomic mass is 10.0. The van der Waals surface area contributed by atoms with Crippen molar-refractivity contribution in [3.8, 4) is 16.9 Å². The van der Waals surface area contributed by atoms with E-state index in [1.807, 2.05) is 30.3 Å². The maximum absolute atomic E-state index is 6.36. The molecular weight excluding hydrogens is 310 g/mol. The smallest absolute Gasteiger partial charge is 0.250 e. The molecule has 22 heavy (non-hydrogen) atoms. The molecule has 0 spiro atoms. The molecule has 0 atom stereocenters. The van der Waals surface area contributed by atoms with Crippen molar-refractivity contribution in [1.29, 1.82) is 0 Å². The van der Waals surface area contributed by atoms with Crippen molar-refractivity contribution in [2.24, 2.45) is 0 Å². The van der Waals surface area contributed by atoms with E-state index >= 15 is 0 Å². The van der Waals surface area contributed by atoms with Gasteiger partial charge in [0.05, 0.1) is 0 Å². The number of anilines is 1. The molecule has 0 radical (unpaired) electrons. The number of hydrogen-bond acceptors (Lipinski definition) is 2. The minimum absolute atomic E-state index is 0.169. The molecule has 0 saturated heterocycles. The summed E-state index contributed by atoms with van der Waals surface area (Å²) in [6.07, 6.45) is 0. The Bertz CT molecular complexity index is 677. The molecule has 2 nitrogen and oxygen atoms in total. The van der Waals surface area contributed by atoms with Gasteiger partial charge in [0.1, 0.15) is 5.75 Å². The van der Waals surface area contributed by atoms with Crippen molar-refractivity contribution in [3.05, 3.63) is 47.5 Å². The first-order valence-electron chi connectivity index (χ1n) is 7.45. The summed E-state index contributed by atoms with van der Waals surface area (Å²) in [5.41, 5.74) is 8.78. The summed E-state index contributed by atoms with van der Waals surface area (Å²) >= 11 is 5.97. The van der Waals surface area contributed by atoms with Crippen LogP contribution in [0, 0.1) is 0 Å². The highest BCUT2D eigenvalue weighted by Gasteiger charge is 2.38. The van der Waals surface area contributed by atoms with Crippen LogP contribution in [0.25, 0.3) is 11.1 Å². The van der Waals surface area contributed by atoms with Gasteiger partial charge in [-0.3, -0.25) is 0 Å². The molecule has 0 heterocycles. The fourth-order valence-electron chi connectivity index (χ4n) is 1.97. The van der Waals surface area contributed by atoms with Crippen molar-refractivity contribution >= 4 is 25.6 Å². The second kappa shape index (κ2) is 5.97. The summed E-state index contributed by atoms with van der Waals surface area (Å²) in [6.45, 7) is 11.2. The Kier molecular flexibility index (Phi) is 4.59. The zero-order valence-corrected chi connectivity index (χ0v) is 15.7. The summed E-state index contributed by atoms with van der Waals surface area (Å²) in [7, 11) is -1.84. The van der Waals surface area contributed by atoms with Crippen LogP contribution in [0.15, 0.2) is 42.5 Å². The second-order valence-corrected chi connectivity index (χ2v) is 12.3. The van der Waals surface area contributed by atoms with Gasteiger partial charge in [0.25, 0.3) is 0 Å². The fraction of sp³-hybridized carbons (Fsp3) is 0.333. The zero-order valence-electron chi connectivity index (χ0n) is 13.9. The van der Waals surface area contributed by atoms with Gasteiger partial charge >= 0.3 is 0 Å². The van der Waals surface area contributed by atoms with Crippen LogP contribution in [0.4, 0.5) is 5.69 Å². The number of hydrogen-bond donors (Lipinski definition) is 1. The largest absolute Gasteiger partial charge is 0.543 e. The minimum atomic E-state index is -1.84. The molecule has 2 N–H and O–H groups in total. The summed E-state index contributed by atoms with van der Waals surface area (Å²) in [5.74, 6) is 0.901. The SMILES string of the molecule is CC(C)(C)[Si](C)(C)Oc1cccc(-c2ccc(Cl)cc2N)c1. The number of nitrogen functional groups attached to an aromatic ring is 1. The fourth-order valence-corrected chi connectivity index (χ4v) is 3.17. The maximum atomic E-state index is 6.36. The minimum Gasteiger partial charge on any atom is -0.543 e. The molecule has 0 amide bonds. The molecule has 0 aromatic heterocycles. The van der Waals surface area contributed by atoms with Crippen LogP contribution in [0.1, 0.15) is 20.8 Å². The summed E-state index contributed by atoms with van der Waals surface area (Å²) in [4.78, 5) is 0. The van der Waals surface area contributed by atoms with Gasteiger partial charge in [-0.05, 0) is 48.0 Å². The van der Waals surface area contributed by atoms with E-state index in [4.69, 9.17) is 21.8 Å². The van der Waals surface area contributed by atoms with Gasteiger partial charge in [-0.1, -0.05) is 50.6 Å². The molecule has 0 fully saturated rings. The molecule has 2 aromatic rings. The molecule has 0 saturated carbocycles. The van der Waals surface area contributed by atoms with Gasteiger partial charge in [0, 0.05) is 16.3 Å². The quantitative estimate of drug-likeness (QED) is 0.554. The molecule has 2 aromatic carbocycles. The number of benzene rings is 2. The Hall–Kier alpha value is -1.45. The van der Waals surface area contributed by atoms with Crippen LogP contribution in [0.3, 0.4) is 0 Å². The van der Waals surface area contributed by atoms with E-state index in [0.717, 1.165) is 16.9 Å². The normalized spacial score (nSPS) is 12.3. The van der Waals surface area contributed by atoms with Crippen molar-refractivity contribution < 1.29 is 4.43 Å². The lowest BCUT2D eigenvalue weighted by Gasteiger charge is -2.36. The molecule has 118 valence electrons. The van der Waals surface area contributed by atoms with Crippen LogP contribution in [-0.2, 0) is 0 Å². The van der Waals surface area contributed by atoms with Gasteiger partial charge in [0.15, 0.2) is 0 Å². The Morgan fingerprint density at radius 2 is 1.73 bits per heavy atom. The second-order valence-electron chi connectivity index (χ2n) is 7.12. The monoisotopic (exact) mass is 333 g/mol. The lowest BCUT2D eigenvalue weighted by molar-refractivity contribution is 0.492. The third kappa shape index (κ3) is 3.65. The van der Waals surface area contributed by atoms with Gasteiger partial charge in [0.2, 0.25) is 8.32 Å². The zero-order chi connectivity index (χ0) is 16.5. The third-order valence-electron chi connectivity index (χ3n) is 4.34. The number of nitrogens with two attached hydrogens (primary N) is 1. The van der Waals surface area contributed by atoms with Crippen LogP contribution >= 0.6 is 11.6 Å². The Balaban J connectivity index is 2.35. The van der Waals surface area contributed by atoms with Gasteiger partial charge < -0.3 is 10.2 Å². The summed E-state index contributed by atoms with van der Waals surface area (Å²) in [6, 6.07) is 13.7. The first-order valence-corrected chi connectivity index (χ1v) is 10.7. The number of rotatable bonds is 3. The Morgan fingerprint density at radius 3 is 2.32 bits per heavy atom. The van der Waals surface area contributed by atoms with E-state index in [0.29, 0.717) is 10.7 Å².